The van der Waals surface area contributed by atoms with Crippen LogP contribution in [0.5, 0.6) is 5.75 Å². The molecule has 0 amide bonds. The van der Waals surface area contributed by atoms with Gasteiger partial charge in [-0.3, -0.25) is 4.68 Å². The van der Waals surface area contributed by atoms with Crippen molar-refractivity contribution in [3.05, 3.63) is 12.4 Å². The Hall–Kier alpha value is -1.07. The van der Waals surface area contributed by atoms with E-state index in [0.29, 0.717) is 6.61 Å². The lowest BCUT2D eigenvalue weighted by molar-refractivity contribution is 0.310. The van der Waals surface area contributed by atoms with Gasteiger partial charge >= 0.3 is 0 Å². The topological polar surface area (TPSA) is 42.3 Å². The first kappa shape index (κ1) is 15.0. The molecule has 0 radical (unpaired) electrons. The van der Waals surface area contributed by atoms with Crippen LogP contribution in [0.3, 0.4) is 0 Å². The summed E-state index contributed by atoms with van der Waals surface area (Å²) in [6, 6.07) is 0. The van der Waals surface area contributed by atoms with Gasteiger partial charge in [0.25, 0.3) is 0 Å². The highest BCUT2D eigenvalue weighted by Gasteiger charge is 1.98. The predicted molar refractivity (Wildman–Crippen MR) is 74.1 cm³/mol. The second kappa shape index (κ2) is 8.94. The van der Waals surface area contributed by atoms with Gasteiger partial charge in [0.1, 0.15) is 6.61 Å². The van der Waals surface area contributed by atoms with Gasteiger partial charge in [0.05, 0.1) is 12.4 Å². The van der Waals surface area contributed by atoms with Crippen molar-refractivity contribution >= 4 is 0 Å². The summed E-state index contributed by atoms with van der Waals surface area (Å²) in [6.45, 7) is 6.83. The third-order valence-electron chi connectivity index (χ3n) is 2.57. The predicted octanol–water partition coefficient (Wildman–Crippen LogP) is 1.21. The third-order valence-corrected chi connectivity index (χ3v) is 2.57. The first-order valence-electron chi connectivity index (χ1n) is 6.73. The Labute approximate surface area is 110 Å². The van der Waals surface area contributed by atoms with Crippen LogP contribution in [0.4, 0.5) is 0 Å². The summed E-state index contributed by atoms with van der Waals surface area (Å²) in [5.41, 5.74) is 0. The maximum Gasteiger partial charge on any atom is 0.157 e. The van der Waals surface area contributed by atoms with E-state index in [1.54, 1.807) is 6.20 Å². The van der Waals surface area contributed by atoms with Crippen LogP contribution in [-0.4, -0.2) is 55.0 Å². The molecule has 0 aliphatic heterocycles. The van der Waals surface area contributed by atoms with Crippen LogP contribution in [-0.2, 0) is 6.54 Å². The van der Waals surface area contributed by atoms with E-state index in [1.165, 1.54) is 6.42 Å². The lowest BCUT2D eigenvalue weighted by atomic mass is 10.4. The van der Waals surface area contributed by atoms with Gasteiger partial charge in [0.15, 0.2) is 5.75 Å². The van der Waals surface area contributed by atoms with Crippen molar-refractivity contribution in [2.75, 3.05) is 40.3 Å². The Morgan fingerprint density at radius 1 is 1.39 bits per heavy atom. The first-order valence-corrected chi connectivity index (χ1v) is 6.73. The molecular formula is C13H26N4O. The molecule has 18 heavy (non-hydrogen) atoms. The fraction of sp³-hybridized carbons (Fsp3) is 0.769. The van der Waals surface area contributed by atoms with Gasteiger partial charge in [-0.05, 0) is 40.0 Å². The number of hydrogen-bond acceptors (Lipinski definition) is 4. The molecule has 1 heterocycles. The Morgan fingerprint density at radius 3 is 2.94 bits per heavy atom. The molecule has 0 unspecified atom stereocenters. The van der Waals surface area contributed by atoms with Crippen LogP contribution >= 0.6 is 0 Å². The molecule has 0 fully saturated rings. The van der Waals surface area contributed by atoms with E-state index in [1.807, 2.05) is 10.9 Å². The molecular weight excluding hydrogens is 228 g/mol. The van der Waals surface area contributed by atoms with Crippen LogP contribution in [0.15, 0.2) is 12.4 Å². The van der Waals surface area contributed by atoms with Crippen LogP contribution in [0.25, 0.3) is 0 Å². The smallest absolute Gasteiger partial charge is 0.157 e. The van der Waals surface area contributed by atoms with Crippen LogP contribution in [0.2, 0.25) is 0 Å². The van der Waals surface area contributed by atoms with E-state index in [-0.39, 0.29) is 0 Å². The lowest BCUT2D eigenvalue weighted by Crippen LogP contribution is -2.25. The molecule has 1 N–H and O–H groups in total. The molecule has 0 saturated heterocycles. The van der Waals surface area contributed by atoms with E-state index in [4.69, 9.17) is 4.74 Å². The van der Waals surface area contributed by atoms with Crippen molar-refractivity contribution in [2.24, 2.45) is 0 Å². The molecule has 1 rings (SSSR count). The summed E-state index contributed by atoms with van der Waals surface area (Å²) in [7, 11) is 4.19. The fourth-order valence-electron chi connectivity index (χ4n) is 1.66. The summed E-state index contributed by atoms with van der Waals surface area (Å²) < 4.78 is 7.52. The number of nitrogens with one attached hydrogen (secondary N) is 1. The van der Waals surface area contributed by atoms with Gasteiger partial charge in [-0.1, -0.05) is 6.92 Å². The van der Waals surface area contributed by atoms with Crippen LogP contribution < -0.4 is 10.1 Å². The number of ether oxygens (including phenoxy) is 1. The minimum atomic E-state index is 0.694. The molecule has 0 spiro atoms. The zero-order chi connectivity index (χ0) is 13.2. The maximum absolute atomic E-state index is 5.60. The first-order chi connectivity index (χ1) is 8.72. The highest BCUT2D eigenvalue weighted by Crippen LogP contribution is 2.07. The third kappa shape index (κ3) is 6.61. The van der Waals surface area contributed by atoms with Gasteiger partial charge in [-0.2, -0.15) is 5.10 Å². The molecule has 1 aromatic rings. The number of aromatic nitrogens is 2. The molecule has 0 bridgehead atoms. The van der Waals surface area contributed by atoms with E-state index >= 15 is 0 Å². The quantitative estimate of drug-likeness (QED) is 0.637. The van der Waals surface area contributed by atoms with Crippen LogP contribution in [0, 0.1) is 0 Å². The molecule has 5 nitrogen and oxygen atoms in total. The van der Waals surface area contributed by atoms with Crippen molar-refractivity contribution in [2.45, 2.75) is 26.3 Å². The minimum absolute atomic E-state index is 0.694. The number of aryl methyl sites for hydroxylation is 1. The molecule has 104 valence electrons. The van der Waals surface area contributed by atoms with Gasteiger partial charge < -0.3 is 15.0 Å². The van der Waals surface area contributed by atoms with Crippen molar-refractivity contribution < 1.29 is 4.74 Å². The van der Waals surface area contributed by atoms with Crippen molar-refractivity contribution in [3.63, 3.8) is 0 Å². The Morgan fingerprint density at radius 2 is 2.22 bits per heavy atom. The Balaban J connectivity index is 2.00. The van der Waals surface area contributed by atoms with E-state index in [2.05, 4.69) is 36.3 Å². The van der Waals surface area contributed by atoms with Crippen LogP contribution in [0.1, 0.15) is 19.8 Å². The molecule has 0 aliphatic carbocycles. The standard InChI is InChI=1S/C13H26N4O/c1-4-8-17-12-13(11-15-17)18-10-7-14-6-5-9-16(2)3/h11-12,14H,4-10H2,1-3H3. The Bertz CT molecular complexity index is 312. The number of nitrogens with zero attached hydrogens (tertiary/aromatic N) is 3. The number of hydrogen-bond donors (Lipinski definition) is 1. The van der Waals surface area contributed by atoms with Crippen molar-refractivity contribution in [3.8, 4) is 5.75 Å². The van der Waals surface area contributed by atoms with Gasteiger partial charge in [-0.25, -0.2) is 0 Å². The maximum atomic E-state index is 5.60. The number of rotatable bonds is 10. The highest BCUT2D eigenvalue weighted by molar-refractivity contribution is 5.11. The summed E-state index contributed by atoms with van der Waals surface area (Å²) in [6.07, 6.45) is 5.99. The molecule has 0 atom stereocenters. The zero-order valence-electron chi connectivity index (χ0n) is 11.9. The summed E-state index contributed by atoms with van der Waals surface area (Å²) in [5.74, 6) is 0.860. The normalized spacial score (nSPS) is 11.1. The van der Waals surface area contributed by atoms with E-state index < -0.39 is 0 Å². The minimum Gasteiger partial charge on any atom is -0.489 e. The molecule has 0 aliphatic rings. The average molecular weight is 254 g/mol. The van der Waals surface area contributed by atoms with Gasteiger partial charge in [-0.15, -0.1) is 0 Å². The van der Waals surface area contributed by atoms with E-state index in [9.17, 15) is 0 Å². The van der Waals surface area contributed by atoms with Gasteiger partial charge in [0.2, 0.25) is 0 Å². The highest BCUT2D eigenvalue weighted by atomic mass is 16.5. The summed E-state index contributed by atoms with van der Waals surface area (Å²) in [5, 5.41) is 7.58. The second-order valence-corrected chi connectivity index (χ2v) is 4.69. The molecule has 0 saturated carbocycles. The fourth-order valence-corrected chi connectivity index (χ4v) is 1.66. The lowest BCUT2D eigenvalue weighted by Gasteiger charge is -2.09. The van der Waals surface area contributed by atoms with E-state index in [0.717, 1.165) is 38.3 Å². The van der Waals surface area contributed by atoms with Crippen molar-refractivity contribution in [1.82, 2.24) is 20.0 Å². The Kier molecular flexibility index (Phi) is 7.44. The average Bonchev–Trinajstić information content (AvgIpc) is 2.76. The summed E-state index contributed by atoms with van der Waals surface area (Å²) in [4.78, 5) is 2.19. The summed E-state index contributed by atoms with van der Waals surface area (Å²) >= 11 is 0. The van der Waals surface area contributed by atoms with Gasteiger partial charge in [0, 0.05) is 13.1 Å². The largest absolute Gasteiger partial charge is 0.489 e. The zero-order valence-corrected chi connectivity index (χ0v) is 11.9. The molecule has 0 aromatic carbocycles. The SMILES string of the molecule is CCCn1cc(OCCNCCCN(C)C)cn1. The second-order valence-electron chi connectivity index (χ2n) is 4.69. The molecule has 1 aromatic heterocycles. The monoisotopic (exact) mass is 254 g/mol. The molecule has 5 heteroatoms. The van der Waals surface area contributed by atoms with Crippen molar-refractivity contribution in [1.29, 1.82) is 0 Å².